The summed E-state index contributed by atoms with van der Waals surface area (Å²) in [7, 11) is 0. The van der Waals surface area contributed by atoms with Gasteiger partial charge in [0.15, 0.2) is 8.64 Å². The van der Waals surface area contributed by atoms with Crippen molar-refractivity contribution in [2.45, 2.75) is 13.8 Å². The second kappa shape index (κ2) is 16.4. The van der Waals surface area contributed by atoms with Crippen LogP contribution in [0.3, 0.4) is 0 Å². The van der Waals surface area contributed by atoms with Gasteiger partial charge in [-0.2, -0.15) is 10.2 Å². The molecule has 0 aliphatic carbocycles. The van der Waals surface area contributed by atoms with Crippen LogP contribution in [0.15, 0.2) is 59.0 Å². The third-order valence-electron chi connectivity index (χ3n) is 3.07. The number of hydrazone groups is 2. The quantitative estimate of drug-likeness (QED) is 0.277. The summed E-state index contributed by atoms with van der Waals surface area (Å²) >= 11 is 12.8. The number of nitrogens with one attached hydrogen (secondary N) is 2. The van der Waals surface area contributed by atoms with Crippen molar-refractivity contribution in [2.24, 2.45) is 10.2 Å². The first-order valence-corrected chi connectivity index (χ1v) is 11.3. The van der Waals surface area contributed by atoms with Crippen molar-refractivity contribution in [1.29, 1.82) is 0 Å². The molecule has 156 valence electrons. The third-order valence-corrected chi connectivity index (χ3v) is 5.18. The van der Waals surface area contributed by atoms with Crippen LogP contribution in [-0.2, 0) is 16.5 Å². The molecule has 0 saturated heterocycles. The van der Waals surface area contributed by atoms with Gasteiger partial charge < -0.3 is 0 Å². The summed E-state index contributed by atoms with van der Waals surface area (Å²) in [5.74, 6) is 0. The van der Waals surface area contributed by atoms with Crippen LogP contribution < -0.4 is 10.9 Å². The molecule has 0 unspecified atom stereocenters. The second-order valence-electron chi connectivity index (χ2n) is 5.03. The van der Waals surface area contributed by atoms with E-state index in [1.54, 1.807) is 12.4 Å². The van der Waals surface area contributed by atoms with Crippen LogP contribution in [0.4, 0.5) is 0 Å². The van der Waals surface area contributed by atoms with Crippen LogP contribution in [0, 0.1) is 0 Å². The van der Waals surface area contributed by atoms with Gasteiger partial charge in [0, 0.05) is 12.4 Å². The molecule has 0 saturated carbocycles. The van der Waals surface area contributed by atoms with Gasteiger partial charge in [0.25, 0.3) is 0 Å². The molecular weight excluding hydrogens is 487 g/mol. The Balaban J connectivity index is 0.000000523. The normalized spacial score (nSPS) is 10.8. The molecule has 0 spiro atoms. The monoisotopic (exact) mass is 508 g/mol. The van der Waals surface area contributed by atoms with Crippen molar-refractivity contribution in [3.05, 3.63) is 60.2 Å². The predicted octanol–water partition coefficient (Wildman–Crippen LogP) is 4.08. The van der Waals surface area contributed by atoms with Crippen LogP contribution in [0.1, 0.15) is 25.2 Å². The minimum atomic E-state index is 0. The van der Waals surface area contributed by atoms with Crippen molar-refractivity contribution in [3.8, 4) is 0 Å². The fourth-order valence-corrected chi connectivity index (χ4v) is 1.98. The second-order valence-corrected chi connectivity index (χ2v) is 8.00. The summed E-state index contributed by atoms with van der Waals surface area (Å²) in [5, 5.41) is 8.21. The first-order chi connectivity index (χ1) is 13.5. The van der Waals surface area contributed by atoms with E-state index in [0.717, 1.165) is 22.8 Å². The summed E-state index contributed by atoms with van der Waals surface area (Å²) < 4.78 is 1.31. The maximum Gasteiger partial charge on any atom is 2.00 e. The molecule has 0 fully saturated rings. The smallest absolute Gasteiger partial charge is 0.262 e. The molecule has 6 nitrogen and oxygen atoms in total. The largest absolute Gasteiger partial charge is 2.00 e. The van der Waals surface area contributed by atoms with E-state index in [9.17, 15) is 0 Å². The summed E-state index contributed by atoms with van der Waals surface area (Å²) in [4.78, 5) is 8.32. The minimum Gasteiger partial charge on any atom is -0.262 e. The summed E-state index contributed by atoms with van der Waals surface area (Å²) in [6, 6.07) is 11.4. The van der Waals surface area contributed by atoms with Gasteiger partial charge in [-0.3, -0.25) is 20.8 Å². The zero-order valence-electron chi connectivity index (χ0n) is 16.4. The van der Waals surface area contributed by atoms with Gasteiger partial charge >= 0.3 is 16.5 Å². The Hall–Kier alpha value is -1.39. The molecule has 0 aliphatic rings. The average molecular weight is 509 g/mol. The van der Waals surface area contributed by atoms with Crippen LogP contribution in [-0.4, -0.2) is 42.5 Å². The van der Waals surface area contributed by atoms with Crippen LogP contribution >= 0.6 is 48.0 Å². The average Bonchev–Trinajstić information content (AvgIpc) is 2.76. The van der Waals surface area contributed by atoms with Crippen molar-refractivity contribution in [1.82, 2.24) is 20.8 Å². The zero-order chi connectivity index (χ0) is 20.8. The Labute approximate surface area is 201 Å². The topological polar surface area (TPSA) is 74.6 Å². The summed E-state index contributed by atoms with van der Waals surface area (Å²) in [6.07, 6.45) is 7.28. The van der Waals surface area contributed by atoms with E-state index in [4.69, 9.17) is 24.4 Å². The van der Waals surface area contributed by atoms with Gasteiger partial charge in [-0.25, -0.2) is 0 Å². The van der Waals surface area contributed by atoms with E-state index in [1.807, 2.05) is 62.8 Å². The van der Waals surface area contributed by atoms with E-state index >= 15 is 0 Å². The Morgan fingerprint density at radius 1 is 0.793 bits per heavy atom. The zero-order valence-corrected chi connectivity index (χ0v) is 20.6. The molecule has 0 aliphatic heterocycles. The third kappa shape index (κ3) is 12.0. The van der Waals surface area contributed by atoms with E-state index < -0.39 is 0 Å². The van der Waals surface area contributed by atoms with Crippen molar-refractivity contribution in [3.63, 3.8) is 0 Å². The first-order valence-electron chi connectivity index (χ1n) is 8.07. The van der Waals surface area contributed by atoms with Crippen LogP contribution in [0.25, 0.3) is 0 Å². The molecule has 2 N–H and O–H groups in total. The van der Waals surface area contributed by atoms with Gasteiger partial charge in [0.2, 0.25) is 0 Å². The molecule has 2 rings (SSSR count). The SMILES string of the molecule is CSC(=S)NN=C(C)c1ccccn1.CSC(=S)NN=C(C)c1ccccn1.[Ni+2]. The molecule has 2 heterocycles. The standard InChI is InChI=1S/2C9H11N3S2.Ni/c2*1-7(11-12-9(13)14-2)8-5-3-4-6-10-8;/h2*3-6H,1-2H3,(H,12,13);/q;;+2. The Morgan fingerprint density at radius 3 is 1.45 bits per heavy atom. The molecule has 0 atom stereocenters. The minimum absolute atomic E-state index is 0. The van der Waals surface area contributed by atoms with Gasteiger partial charge in [0.1, 0.15) is 0 Å². The molecule has 0 aromatic carbocycles. The Bertz CT molecular complexity index is 746. The molecular formula is C18H22N6NiS4+2. The molecule has 2 aromatic heterocycles. The van der Waals surface area contributed by atoms with E-state index in [-0.39, 0.29) is 16.5 Å². The van der Waals surface area contributed by atoms with Crippen LogP contribution in [0.2, 0.25) is 0 Å². The fraction of sp³-hybridized carbons (Fsp3) is 0.222. The first kappa shape index (κ1) is 27.6. The van der Waals surface area contributed by atoms with E-state index in [2.05, 4.69) is 31.0 Å². The summed E-state index contributed by atoms with van der Waals surface area (Å²) in [6.45, 7) is 3.77. The maximum atomic E-state index is 4.95. The number of hydrogen-bond acceptors (Lipinski definition) is 8. The van der Waals surface area contributed by atoms with Gasteiger partial charge in [0.05, 0.1) is 22.8 Å². The number of thiocarbonyl (C=S) groups is 2. The van der Waals surface area contributed by atoms with Crippen molar-refractivity contribution >= 4 is 68.0 Å². The fourth-order valence-electron chi connectivity index (χ4n) is 1.62. The van der Waals surface area contributed by atoms with E-state index in [1.165, 1.54) is 23.5 Å². The number of aromatic nitrogens is 2. The Kier molecular flexibility index (Phi) is 15.6. The number of thioether (sulfide) groups is 2. The predicted molar refractivity (Wildman–Crippen MR) is 131 cm³/mol. The molecule has 11 heteroatoms. The molecule has 2 aromatic rings. The van der Waals surface area contributed by atoms with Gasteiger partial charge in [-0.15, -0.1) is 0 Å². The van der Waals surface area contributed by atoms with Crippen LogP contribution in [0.5, 0.6) is 0 Å². The number of hydrogen-bond donors (Lipinski definition) is 2. The van der Waals surface area contributed by atoms with Gasteiger partial charge in [-0.05, 0) is 50.6 Å². The summed E-state index contributed by atoms with van der Waals surface area (Å²) in [5.41, 5.74) is 8.89. The maximum absolute atomic E-state index is 4.95. The number of nitrogens with zero attached hydrogens (tertiary/aromatic N) is 4. The Morgan fingerprint density at radius 2 is 1.17 bits per heavy atom. The molecule has 29 heavy (non-hydrogen) atoms. The molecule has 0 bridgehead atoms. The van der Waals surface area contributed by atoms with Crippen molar-refractivity contribution < 1.29 is 16.5 Å². The van der Waals surface area contributed by atoms with E-state index in [0.29, 0.717) is 8.64 Å². The molecule has 0 radical (unpaired) electrons. The van der Waals surface area contributed by atoms with Crippen molar-refractivity contribution in [2.75, 3.05) is 12.5 Å². The van der Waals surface area contributed by atoms with Gasteiger partial charge in [-0.1, -0.05) is 60.1 Å². The molecule has 0 amide bonds. The number of rotatable bonds is 4. The number of pyridine rings is 2.